The number of aromatic nitrogens is 2. The lowest BCUT2D eigenvalue weighted by molar-refractivity contribution is 0.0607. The fraction of sp³-hybridized carbons (Fsp3) is 0.242. The number of ether oxygens (including phenoxy) is 3. The molecular formula is C33H33N5O6S. The number of nitrogens with zero attached hydrogens (tertiary/aromatic N) is 4. The van der Waals surface area contributed by atoms with Crippen molar-refractivity contribution >= 4 is 27.4 Å². The molecule has 0 saturated carbocycles. The average Bonchev–Trinajstić information content (AvgIpc) is 2.97. The Labute approximate surface area is 262 Å². The maximum absolute atomic E-state index is 13.9. The Kier molecular flexibility index (Phi) is 9.54. The van der Waals surface area contributed by atoms with Gasteiger partial charge in [-0.15, -0.1) is 14.6 Å². The van der Waals surface area contributed by atoms with E-state index in [4.69, 9.17) is 14.2 Å². The first-order valence-electron chi connectivity index (χ1n) is 13.8. The van der Waals surface area contributed by atoms with Crippen molar-refractivity contribution in [3.05, 3.63) is 89.0 Å². The maximum atomic E-state index is 13.9. The third-order valence-corrected chi connectivity index (χ3v) is 8.03. The van der Waals surface area contributed by atoms with Crippen molar-refractivity contribution in [3.8, 4) is 34.7 Å². The zero-order valence-electron chi connectivity index (χ0n) is 26.0. The second-order valence-corrected chi connectivity index (χ2v) is 13.4. The Morgan fingerprint density at radius 3 is 2.33 bits per heavy atom. The molecule has 0 bridgehead atoms. The molecule has 1 aromatic heterocycles. The minimum Gasteiger partial charge on any atom is -0.493 e. The van der Waals surface area contributed by atoms with Gasteiger partial charge in [-0.05, 0) is 70.5 Å². The lowest BCUT2D eigenvalue weighted by Crippen LogP contribution is -2.22. The monoisotopic (exact) mass is 627 g/mol. The lowest BCUT2D eigenvalue weighted by atomic mass is 10.0. The minimum absolute atomic E-state index is 0.0908. The summed E-state index contributed by atoms with van der Waals surface area (Å²) in [6, 6.07) is 20.5. The fourth-order valence-corrected chi connectivity index (χ4v) is 5.33. The number of nitrogens with one attached hydrogen (secondary N) is 1. The van der Waals surface area contributed by atoms with Crippen LogP contribution in [-0.4, -0.2) is 45.4 Å². The van der Waals surface area contributed by atoms with Gasteiger partial charge in [0, 0.05) is 28.5 Å². The first-order valence-corrected chi connectivity index (χ1v) is 15.7. The van der Waals surface area contributed by atoms with Gasteiger partial charge >= 0.3 is 6.09 Å². The molecule has 0 radical (unpaired) electrons. The van der Waals surface area contributed by atoms with Crippen LogP contribution in [0.5, 0.6) is 17.4 Å². The highest BCUT2D eigenvalue weighted by molar-refractivity contribution is 7.93. The molecule has 0 fully saturated rings. The number of carbonyl (C=O) groups excluding carboxylic acids is 2. The number of hydrogen-bond donors (Lipinski definition) is 1. The van der Waals surface area contributed by atoms with Gasteiger partial charge in [0.05, 0.1) is 34.2 Å². The first-order chi connectivity index (χ1) is 21.2. The number of methoxy groups -OCH3 is 1. The van der Waals surface area contributed by atoms with Crippen molar-refractivity contribution in [1.29, 1.82) is 5.26 Å². The van der Waals surface area contributed by atoms with Gasteiger partial charge in [0.15, 0.2) is 11.5 Å². The zero-order valence-corrected chi connectivity index (χ0v) is 26.8. The molecule has 1 N–H and O–H groups in total. The van der Waals surface area contributed by atoms with E-state index in [1.807, 2.05) is 37.3 Å². The summed E-state index contributed by atoms with van der Waals surface area (Å²) in [5.41, 5.74) is 2.71. The van der Waals surface area contributed by atoms with Gasteiger partial charge in [0.25, 0.3) is 11.8 Å². The van der Waals surface area contributed by atoms with Gasteiger partial charge in [-0.3, -0.25) is 4.79 Å². The molecule has 2 amide bonds. The van der Waals surface area contributed by atoms with Crippen molar-refractivity contribution in [1.82, 2.24) is 10.2 Å². The lowest BCUT2D eigenvalue weighted by Gasteiger charge is -2.18. The highest BCUT2D eigenvalue weighted by Gasteiger charge is 2.24. The number of benzene rings is 3. The Bertz CT molecular complexity index is 1930. The topological polar surface area (TPSA) is 153 Å². The average molecular weight is 628 g/mol. The summed E-state index contributed by atoms with van der Waals surface area (Å²) in [5.74, 6) is -0.193. The number of hydrogen-bond acceptors (Lipinski definition) is 9. The van der Waals surface area contributed by atoms with Crippen LogP contribution in [0.3, 0.4) is 0 Å². The molecule has 4 rings (SSSR count). The molecule has 0 aliphatic carbocycles. The maximum Gasteiger partial charge on any atom is 0.442 e. The quantitative estimate of drug-likeness (QED) is 0.226. The number of nitriles is 1. The molecule has 1 heterocycles. The van der Waals surface area contributed by atoms with Crippen LogP contribution in [0.2, 0.25) is 0 Å². The summed E-state index contributed by atoms with van der Waals surface area (Å²) in [6.07, 6.45) is 0.367. The molecular weight excluding hydrogens is 594 g/mol. The van der Waals surface area contributed by atoms with Crippen LogP contribution in [0.1, 0.15) is 47.8 Å². The Morgan fingerprint density at radius 1 is 0.978 bits per heavy atom. The molecule has 0 aliphatic rings. The second-order valence-electron chi connectivity index (χ2n) is 11.2. The molecule has 0 saturated heterocycles. The normalized spacial score (nSPS) is 12.3. The van der Waals surface area contributed by atoms with E-state index in [2.05, 4.69) is 19.9 Å². The smallest absolute Gasteiger partial charge is 0.442 e. The molecule has 4 aromatic rings. The van der Waals surface area contributed by atoms with Gasteiger partial charge in [-0.2, -0.15) is 5.26 Å². The van der Waals surface area contributed by atoms with Gasteiger partial charge < -0.3 is 19.5 Å². The van der Waals surface area contributed by atoms with Crippen LogP contribution in [0.15, 0.2) is 76.0 Å². The van der Waals surface area contributed by atoms with Crippen LogP contribution >= 0.6 is 0 Å². The van der Waals surface area contributed by atoms with E-state index in [0.717, 1.165) is 11.1 Å². The SMILES string of the molecule is COc1cc(C#N)ccc1Oc1nnc(-c2ccc(C)cc2)c(C)c1C(=O)Nc1cccc([S@@](C)(=O)=NC(=O)OC(C)(C)C)c1. The van der Waals surface area contributed by atoms with Crippen LogP contribution in [0, 0.1) is 25.2 Å². The fourth-order valence-electron chi connectivity index (χ4n) is 4.23. The highest BCUT2D eigenvalue weighted by Crippen LogP contribution is 2.36. The Balaban J connectivity index is 1.76. The molecule has 45 heavy (non-hydrogen) atoms. The van der Waals surface area contributed by atoms with E-state index >= 15 is 0 Å². The molecule has 232 valence electrons. The summed E-state index contributed by atoms with van der Waals surface area (Å²) in [5, 5.41) is 20.7. The molecule has 11 nitrogen and oxygen atoms in total. The van der Waals surface area contributed by atoms with Gasteiger partial charge in [0.1, 0.15) is 11.2 Å². The molecule has 0 aliphatic heterocycles. The molecule has 12 heteroatoms. The zero-order chi connectivity index (χ0) is 32.9. The van der Waals surface area contributed by atoms with Gasteiger partial charge in [-0.1, -0.05) is 35.9 Å². The molecule has 0 unspecified atom stereocenters. The Morgan fingerprint density at radius 2 is 1.69 bits per heavy atom. The number of aryl methyl sites for hydroxylation is 1. The first kappa shape index (κ1) is 32.6. The highest BCUT2D eigenvalue weighted by atomic mass is 32.2. The minimum atomic E-state index is -3.21. The molecule has 0 spiro atoms. The van der Waals surface area contributed by atoms with E-state index in [1.165, 1.54) is 25.5 Å². The van der Waals surface area contributed by atoms with Crippen molar-refractivity contribution in [2.75, 3.05) is 18.7 Å². The molecule has 1 atom stereocenters. The van der Waals surface area contributed by atoms with Crippen molar-refractivity contribution in [2.45, 2.75) is 45.1 Å². The third kappa shape index (κ3) is 8.01. The summed E-state index contributed by atoms with van der Waals surface area (Å²) in [6.45, 7) is 8.75. The second kappa shape index (κ2) is 13.2. The van der Waals surface area contributed by atoms with E-state index in [-0.39, 0.29) is 27.8 Å². The van der Waals surface area contributed by atoms with E-state index in [1.54, 1.807) is 58.0 Å². The standard InChI is InChI=1S/C33H33N5O6S/c1-20-11-14-23(15-12-20)29-21(2)28(31(37-36-29)43-26-16-13-22(19-34)17-27(26)42-6)30(39)35-24-9-8-10-25(18-24)45(7,41)38-32(40)44-33(3,4)5/h8-18H,1-7H3,(H,35,39)/t45-/m1/s1. The van der Waals surface area contributed by atoms with Crippen LogP contribution < -0.4 is 14.8 Å². The predicted molar refractivity (Wildman–Crippen MR) is 170 cm³/mol. The number of amides is 2. The van der Waals surface area contributed by atoms with Crippen LogP contribution in [-0.2, 0) is 14.5 Å². The van der Waals surface area contributed by atoms with E-state index in [9.17, 15) is 19.1 Å². The Hall–Kier alpha value is -5.28. The summed E-state index contributed by atoms with van der Waals surface area (Å²) < 4.78 is 33.8. The van der Waals surface area contributed by atoms with Crippen LogP contribution in [0.25, 0.3) is 11.3 Å². The largest absolute Gasteiger partial charge is 0.493 e. The predicted octanol–water partition coefficient (Wildman–Crippen LogP) is 7.08. The summed E-state index contributed by atoms with van der Waals surface area (Å²) in [4.78, 5) is 26.4. The van der Waals surface area contributed by atoms with E-state index < -0.39 is 27.3 Å². The van der Waals surface area contributed by atoms with Crippen molar-refractivity contribution in [3.63, 3.8) is 0 Å². The van der Waals surface area contributed by atoms with E-state index in [0.29, 0.717) is 22.5 Å². The molecule has 3 aromatic carbocycles. The number of rotatable bonds is 7. The number of carbonyl (C=O) groups is 2. The van der Waals surface area contributed by atoms with Crippen LogP contribution in [0.4, 0.5) is 10.5 Å². The van der Waals surface area contributed by atoms with Gasteiger partial charge in [0.2, 0.25) is 0 Å². The van der Waals surface area contributed by atoms with Gasteiger partial charge in [-0.25, -0.2) is 9.00 Å². The third-order valence-electron chi connectivity index (χ3n) is 6.41. The van der Waals surface area contributed by atoms with Crippen molar-refractivity contribution < 1.29 is 28.0 Å². The number of anilines is 1. The summed E-state index contributed by atoms with van der Waals surface area (Å²) in [7, 11) is -1.77. The van der Waals surface area contributed by atoms with Crippen molar-refractivity contribution in [2.24, 2.45) is 4.36 Å². The summed E-state index contributed by atoms with van der Waals surface area (Å²) >= 11 is 0.